The molecule has 0 aliphatic carbocycles. The number of carbonyl (C=O) groups is 3. The van der Waals surface area contributed by atoms with Crippen LogP contribution in [0.5, 0.6) is 0 Å². The van der Waals surface area contributed by atoms with Crippen molar-refractivity contribution in [1.82, 2.24) is 15.6 Å². The molecule has 0 saturated carbocycles. The van der Waals surface area contributed by atoms with E-state index in [1.807, 2.05) is 12.1 Å². The number of nitrogens with zero attached hydrogens (tertiary/aromatic N) is 2. The zero-order valence-electron chi connectivity index (χ0n) is 12.9. The number of amides is 3. The number of rotatable bonds is 3. The van der Waals surface area contributed by atoms with Crippen LogP contribution in [0.25, 0.3) is 0 Å². The molecule has 2 saturated heterocycles. The van der Waals surface area contributed by atoms with Crippen LogP contribution < -0.4 is 15.5 Å². The Morgan fingerprint density at radius 2 is 2.04 bits per heavy atom. The number of aromatic nitrogens is 1. The Hall–Kier alpha value is -2.44. The smallest absolute Gasteiger partial charge is 0.272 e. The van der Waals surface area contributed by atoms with E-state index in [9.17, 15) is 14.4 Å². The zero-order valence-corrected chi connectivity index (χ0v) is 12.9. The minimum Gasteiger partial charge on any atom is -0.370 e. The molecule has 1 aromatic heterocycles. The fourth-order valence-electron chi connectivity index (χ4n) is 3.02. The molecule has 0 spiro atoms. The number of hydrogen-bond donors (Lipinski definition) is 2. The first kappa shape index (κ1) is 15.5. The molecule has 0 aromatic carbocycles. The van der Waals surface area contributed by atoms with E-state index in [0.717, 1.165) is 31.6 Å². The van der Waals surface area contributed by atoms with Crippen molar-refractivity contribution in [2.24, 2.45) is 0 Å². The monoisotopic (exact) mass is 316 g/mol. The molecule has 23 heavy (non-hydrogen) atoms. The van der Waals surface area contributed by atoms with Gasteiger partial charge in [-0.2, -0.15) is 0 Å². The molecule has 2 N–H and O–H groups in total. The van der Waals surface area contributed by atoms with Crippen LogP contribution in [0, 0.1) is 0 Å². The summed E-state index contributed by atoms with van der Waals surface area (Å²) < 4.78 is 0. The topological polar surface area (TPSA) is 91.4 Å². The van der Waals surface area contributed by atoms with Gasteiger partial charge in [0.15, 0.2) is 5.69 Å². The molecule has 3 amide bonds. The normalized spacial score (nSPS) is 21.7. The number of anilines is 1. The second-order valence-electron chi connectivity index (χ2n) is 5.90. The summed E-state index contributed by atoms with van der Waals surface area (Å²) in [5.41, 5.74) is 1.14. The van der Waals surface area contributed by atoms with Crippen LogP contribution in [-0.2, 0) is 9.59 Å². The molecular formula is C16H20N4O3. The van der Waals surface area contributed by atoms with Crippen molar-refractivity contribution in [2.45, 2.75) is 38.1 Å². The number of piperidine rings is 2. The Morgan fingerprint density at radius 3 is 2.78 bits per heavy atom. The summed E-state index contributed by atoms with van der Waals surface area (Å²) in [5.74, 6) is -1.13. The highest BCUT2D eigenvalue weighted by atomic mass is 16.2. The van der Waals surface area contributed by atoms with Gasteiger partial charge >= 0.3 is 0 Å². The van der Waals surface area contributed by atoms with Gasteiger partial charge in [-0.1, -0.05) is 0 Å². The minimum absolute atomic E-state index is 0.234. The summed E-state index contributed by atoms with van der Waals surface area (Å²) in [6, 6.07) is 3.01. The second-order valence-corrected chi connectivity index (χ2v) is 5.90. The first-order valence-electron chi connectivity index (χ1n) is 7.99. The molecule has 0 bridgehead atoms. The van der Waals surface area contributed by atoms with Crippen LogP contribution in [0.1, 0.15) is 42.6 Å². The number of imide groups is 1. The first-order chi connectivity index (χ1) is 11.1. The van der Waals surface area contributed by atoms with Crippen molar-refractivity contribution < 1.29 is 14.4 Å². The number of hydrogen-bond acceptors (Lipinski definition) is 5. The van der Waals surface area contributed by atoms with Gasteiger partial charge in [-0.3, -0.25) is 19.7 Å². The molecule has 2 aliphatic rings. The maximum Gasteiger partial charge on any atom is 0.272 e. The summed E-state index contributed by atoms with van der Waals surface area (Å²) in [4.78, 5) is 41.9. The van der Waals surface area contributed by atoms with Gasteiger partial charge in [0.05, 0.1) is 5.69 Å². The lowest BCUT2D eigenvalue weighted by molar-refractivity contribution is -0.134. The number of nitrogens with one attached hydrogen (secondary N) is 2. The Morgan fingerprint density at radius 1 is 1.26 bits per heavy atom. The summed E-state index contributed by atoms with van der Waals surface area (Å²) >= 11 is 0. The van der Waals surface area contributed by atoms with Crippen molar-refractivity contribution in [2.75, 3.05) is 18.0 Å². The van der Waals surface area contributed by atoms with E-state index >= 15 is 0 Å². The molecule has 2 fully saturated rings. The Balaban J connectivity index is 1.74. The lowest BCUT2D eigenvalue weighted by Crippen LogP contribution is -2.52. The highest BCUT2D eigenvalue weighted by Crippen LogP contribution is 2.22. The third-order valence-electron chi connectivity index (χ3n) is 4.24. The van der Waals surface area contributed by atoms with Gasteiger partial charge in [-0.15, -0.1) is 0 Å². The highest BCUT2D eigenvalue weighted by Gasteiger charge is 2.29. The third kappa shape index (κ3) is 3.49. The maximum atomic E-state index is 12.5. The van der Waals surface area contributed by atoms with Crippen molar-refractivity contribution in [3.05, 3.63) is 24.0 Å². The molecule has 122 valence electrons. The lowest BCUT2D eigenvalue weighted by atomic mass is 10.1. The molecule has 7 nitrogen and oxygen atoms in total. The lowest BCUT2D eigenvalue weighted by Gasteiger charge is -2.30. The Bertz CT molecular complexity index is 626. The summed E-state index contributed by atoms with van der Waals surface area (Å²) in [5, 5.41) is 4.93. The molecule has 3 rings (SSSR count). The van der Waals surface area contributed by atoms with E-state index in [1.165, 1.54) is 6.42 Å². The fraction of sp³-hybridized carbons (Fsp3) is 0.500. The van der Waals surface area contributed by atoms with Gasteiger partial charge < -0.3 is 10.2 Å². The van der Waals surface area contributed by atoms with Crippen LogP contribution >= 0.6 is 0 Å². The number of carbonyl (C=O) groups excluding carboxylic acids is 3. The largest absolute Gasteiger partial charge is 0.370 e. The molecule has 2 aliphatic heterocycles. The molecule has 0 radical (unpaired) electrons. The third-order valence-corrected chi connectivity index (χ3v) is 4.24. The minimum atomic E-state index is -0.684. The van der Waals surface area contributed by atoms with Crippen molar-refractivity contribution >= 4 is 23.4 Å². The van der Waals surface area contributed by atoms with E-state index in [4.69, 9.17) is 0 Å². The van der Waals surface area contributed by atoms with Crippen LogP contribution in [-0.4, -0.2) is 41.8 Å². The average molecular weight is 316 g/mol. The van der Waals surface area contributed by atoms with Gasteiger partial charge in [0.25, 0.3) is 5.91 Å². The predicted molar refractivity (Wildman–Crippen MR) is 83.9 cm³/mol. The summed E-state index contributed by atoms with van der Waals surface area (Å²) in [6.45, 7) is 1.81. The molecule has 1 aromatic rings. The van der Waals surface area contributed by atoms with E-state index < -0.39 is 11.9 Å². The maximum absolute atomic E-state index is 12.5. The van der Waals surface area contributed by atoms with E-state index in [-0.39, 0.29) is 18.2 Å². The SMILES string of the molecule is O=C1CCC(NC(=O)c2ncccc2N2CCCCC2)C(=O)N1. The van der Waals surface area contributed by atoms with Crippen molar-refractivity contribution in [1.29, 1.82) is 0 Å². The van der Waals surface area contributed by atoms with Gasteiger partial charge in [-0.25, -0.2) is 4.98 Å². The van der Waals surface area contributed by atoms with Crippen LogP contribution in [0.15, 0.2) is 18.3 Å². The predicted octanol–water partition coefficient (Wildman–Crippen LogP) is 0.607. The number of pyridine rings is 1. The standard InChI is InChI=1S/C16H20N4O3/c21-13-7-6-11(15(22)19-13)18-16(23)14-12(5-4-8-17-14)20-9-2-1-3-10-20/h4-5,8,11H,1-3,6-7,9-10H2,(H,18,23)(H,19,21,22). The fourth-order valence-corrected chi connectivity index (χ4v) is 3.02. The van der Waals surface area contributed by atoms with Gasteiger partial charge in [0, 0.05) is 25.7 Å². The Labute approximate surface area is 134 Å². The van der Waals surface area contributed by atoms with Gasteiger partial charge in [0.1, 0.15) is 6.04 Å². The Kier molecular flexibility index (Phi) is 4.55. The molecular weight excluding hydrogens is 296 g/mol. The molecule has 7 heteroatoms. The quantitative estimate of drug-likeness (QED) is 0.797. The van der Waals surface area contributed by atoms with Crippen LogP contribution in [0.2, 0.25) is 0 Å². The van der Waals surface area contributed by atoms with Gasteiger partial charge in [-0.05, 0) is 37.8 Å². The van der Waals surface area contributed by atoms with E-state index in [0.29, 0.717) is 12.1 Å². The molecule has 3 heterocycles. The van der Waals surface area contributed by atoms with Crippen molar-refractivity contribution in [3.8, 4) is 0 Å². The molecule has 1 atom stereocenters. The second kappa shape index (κ2) is 6.76. The van der Waals surface area contributed by atoms with E-state index in [1.54, 1.807) is 6.20 Å². The van der Waals surface area contributed by atoms with E-state index in [2.05, 4.69) is 20.5 Å². The first-order valence-corrected chi connectivity index (χ1v) is 7.99. The summed E-state index contributed by atoms with van der Waals surface area (Å²) in [7, 11) is 0. The summed E-state index contributed by atoms with van der Waals surface area (Å²) in [6.07, 6.45) is 5.54. The van der Waals surface area contributed by atoms with Gasteiger partial charge in [0.2, 0.25) is 11.8 Å². The zero-order chi connectivity index (χ0) is 16.2. The highest BCUT2D eigenvalue weighted by molar-refractivity contribution is 6.04. The van der Waals surface area contributed by atoms with Crippen LogP contribution in [0.3, 0.4) is 0 Å². The average Bonchev–Trinajstić information content (AvgIpc) is 2.58. The molecule has 1 unspecified atom stereocenters. The van der Waals surface area contributed by atoms with Crippen molar-refractivity contribution in [3.63, 3.8) is 0 Å². The van der Waals surface area contributed by atoms with Crippen LogP contribution in [0.4, 0.5) is 5.69 Å².